The molecule has 0 aliphatic rings. The third-order valence-electron chi connectivity index (χ3n) is 2.56. The lowest BCUT2D eigenvalue weighted by Crippen LogP contribution is -2.32. The molecule has 0 aromatic carbocycles. The number of carbonyl (C=O) groups is 2. The number of hydrogen-bond acceptors (Lipinski definition) is 4. The van der Waals surface area contributed by atoms with Crippen LogP contribution in [-0.2, 0) is 19.1 Å². The van der Waals surface area contributed by atoms with Gasteiger partial charge >= 0.3 is 11.9 Å². The summed E-state index contributed by atoms with van der Waals surface area (Å²) in [5.74, 6) is -1.01. The van der Waals surface area contributed by atoms with Crippen LogP contribution in [0.15, 0.2) is 0 Å². The van der Waals surface area contributed by atoms with E-state index >= 15 is 0 Å². The zero-order valence-electron chi connectivity index (χ0n) is 13.5. The average Bonchev–Trinajstić information content (AvgIpc) is 2.30. The normalized spacial score (nSPS) is 10.2. The maximum atomic E-state index is 11.4. The van der Waals surface area contributed by atoms with Crippen LogP contribution >= 0.6 is 0 Å². The van der Waals surface area contributed by atoms with Crippen LogP contribution in [0.3, 0.4) is 0 Å². The maximum Gasteiger partial charge on any atom is 0.320 e. The molecule has 0 spiro atoms. The van der Waals surface area contributed by atoms with Crippen molar-refractivity contribution >= 4 is 11.9 Å². The monoisotopic (exact) mass is 274 g/mol. The van der Waals surface area contributed by atoms with Crippen LogP contribution in [0.4, 0.5) is 0 Å². The second-order valence-electron chi connectivity index (χ2n) is 5.03. The molecule has 0 fully saturated rings. The van der Waals surface area contributed by atoms with Gasteiger partial charge in [0.1, 0.15) is 0 Å². The molecule has 0 amide bonds. The third-order valence-corrected chi connectivity index (χ3v) is 2.56. The molecule has 0 atom stereocenters. The van der Waals surface area contributed by atoms with E-state index < -0.39 is 17.9 Å². The minimum Gasteiger partial charge on any atom is -0.465 e. The van der Waals surface area contributed by atoms with Crippen molar-refractivity contribution in [3.05, 3.63) is 0 Å². The SMILES string of the molecule is CCC(C)C.CCOC(=O)C(C(=O)OCC)C(C)C. The molecule has 4 heteroatoms. The topological polar surface area (TPSA) is 52.6 Å². The second-order valence-corrected chi connectivity index (χ2v) is 5.03. The van der Waals surface area contributed by atoms with Gasteiger partial charge in [-0.3, -0.25) is 9.59 Å². The molecule has 114 valence electrons. The molecule has 19 heavy (non-hydrogen) atoms. The van der Waals surface area contributed by atoms with Gasteiger partial charge in [0.25, 0.3) is 0 Å². The van der Waals surface area contributed by atoms with Crippen LogP contribution in [0, 0.1) is 17.8 Å². The predicted molar refractivity (Wildman–Crippen MR) is 76.7 cm³/mol. The van der Waals surface area contributed by atoms with Crippen molar-refractivity contribution in [2.75, 3.05) is 13.2 Å². The molecule has 4 nitrogen and oxygen atoms in total. The summed E-state index contributed by atoms with van der Waals surface area (Å²) in [5.41, 5.74) is 0. The van der Waals surface area contributed by atoms with Gasteiger partial charge in [0.2, 0.25) is 0 Å². The smallest absolute Gasteiger partial charge is 0.320 e. The Morgan fingerprint density at radius 3 is 1.32 bits per heavy atom. The van der Waals surface area contributed by atoms with Crippen LogP contribution in [-0.4, -0.2) is 25.2 Å². The van der Waals surface area contributed by atoms with E-state index in [2.05, 4.69) is 20.8 Å². The second kappa shape index (κ2) is 12.0. The first-order valence-corrected chi connectivity index (χ1v) is 7.14. The highest BCUT2D eigenvalue weighted by Gasteiger charge is 2.32. The van der Waals surface area contributed by atoms with Gasteiger partial charge in [-0.25, -0.2) is 0 Å². The Hall–Kier alpha value is -1.06. The van der Waals surface area contributed by atoms with Crippen molar-refractivity contribution in [2.24, 2.45) is 17.8 Å². The molecule has 0 aromatic heterocycles. The lowest BCUT2D eigenvalue weighted by Gasteiger charge is -2.16. The molecule has 0 aliphatic carbocycles. The molecule has 0 aromatic rings. The summed E-state index contributed by atoms with van der Waals surface area (Å²) in [5, 5.41) is 0. The van der Waals surface area contributed by atoms with E-state index in [1.807, 2.05) is 0 Å². The fraction of sp³-hybridized carbons (Fsp3) is 0.867. The van der Waals surface area contributed by atoms with Gasteiger partial charge in [-0.2, -0.15) is 0 Å². The van der Waals surface area contributed by atoms with Crippen molar-refractivity contribution in [3.8, 4) is 0 Å². The van der Waals surface area contributed by atoms with Gasteiger partial charge in [0.15, 0.2) is 5.92 Å². The van der Waals surface area contributed by atoms with Crippen LogP contribution in [0.25, 0.3) is 0 Å². The van der Waals surface area contributed by atoms with E-state index in [0.717, 1.165) is 5.92 Å². The summed E-state index contributed by atoms with van der Waals surface area (Å²) in [7, 11) is 0. The van der Waals surface area contributed by atoms with Gasteiger partial charge in [-0.05, 0) is 25.7 Å². The highest BCUT2D eigenvalue weighted by molar-refractivity contribution is 5.95. The van der Waals surface area contributed by atoms with Crippen molar-refractivity contribution in [3.63, 3.8) is 0 Å². The summed E-state index contributed by atoms with van der Waals surface area (Å²) >= 11 is 0. The minimum atomic E-state index is -0.796. The van der Waals surface area contributed by atoms with E-state index in [-0.39, 0.29) is 19.1 Å². The van der Waals surface area contributed by atoms with Crippen LogP contribution in [0.1, 0.15) is 54.9 Å². The quantitative estimate of drug-likeness (QED) is 0.550. The van der Waals surface area contributed by atoms with Crippen molar-refractivity contribution < 1.29 is 19.1 Å². The van der Waals surface area contributed by atoms with Gasteiger partial charge in [-0.15, -0.1) is 0 Å². The summed E-state index contributed by atoms with van der Waals surface area (Å²) in [6.45, 7) is 14.2. The summed E-state index contributed by atoms with van der Waals surface area (Å²) in [4.78, 5) is 22.8. The molecule has 0 saturated carbocycles. The number of esters is 2. The fourth-order valence-electron chi connectivity index (χ4n) is 1.10. The lowest BCUT2D eigenvalue weighted by atomic mass is 9.96. The predicted octanol–water partition coefficient (Wildman–Crippen LogP) is 3.44. The average molecular weight is 274 g/mol. The van der Waals surface area contributed by atoms with Crippen molar-refractivity contribution in [1.82, 2.24) is 0 Å². The van der Waals surface area contributed by atoms with Gasteiger partial charge in [0.05, 0.1) is 13.2 Å². The van der Waals surface area contributed by atoms with E-state index in [4.69, 9.17) is 9.47 Å². The Bertz CT molecular complexity index is 229. The molecule has 0 unspecified atom stereocenters. The van der Waals surface area contributed by atoms with Gasteiger partial charge in [0, 0.05) is 0 Å². The first-order valence-electron chi connectivity index (χ1n) is 7.14. The lowest BCUT2D eigenvalue weighted by molar-refractivity contribution is -0.163. The van der Waals surface area contributed by atoms with E-state index in [9.17, 15) is 9.59 Å². The summed E-state index contributed by atoms with van der Waals surface area (Å²) in [6, 6.07) is 0. The summed E-state index contributed by atoms with van der Waals surface area (Å²) < 4.78 is 9.59. The number of hydrogen-bond donors (Lipinski definition) is 0. The van der Waals surface area contributed by atoms with E-state index in [0.29, 0.717) is 0 Å². The first-order chi connectivity index (χ1) is 8.81. The van der Waals surface area contributed by atoms with Gasteiger partial charge < -0.3 is 9.47 Å². The number of carbonyl (C=O) groups excluding carboxylic acids is 2. The fourth-order valence-corrected chi connectivity index (χ4v) is 1.10. The zero-order valence-corrected chi connectivity index (χ0v) is 13.5. The third kappa shape index (κ3) is 10.5. The molecule has 0 saturated heterocycles. The van der Waals surface area contributed by atoms with Gasteiger partial charge in [-0.1, -0.05) is 41.0 Å². The minimum absolute atomic E-state index is 0.104. The molecular weight excluding hydrogens is 244 g/mol. The molecule has 0 rings (SSSR count). The molecule has 0 bridgehead atoms. The largest absolute Gasteiger partial charge is 0.465 e. The first kappa shape index (κ1) is 20.3. The Kier molecular flexibility index (Phi) is 12.8. The van der Waals surface area contributed by atoms with Crippen molar-refractivity contribution in [2.45, 2.75) is 54.9 Å². The zero-order chi connectivity index (χ0) is 15.4. The van der Waals surface area contributed by atoms with E-state index in [1.54, 1.807) is 27.7 Å². The summed E-state index contributed by atoms with van der Waals surface area (Å²) in [6.07, 6.45) is 1.31. The Labute approximate surface area is 117 Å². The molecule has 0 heterocycles. The number of ether oxygens (including phenoxy) is 2. The Morgan fingerprint density at radius 2 is 1.16 bits per heavy atom. The molecular formula is C15H30O4. The highest BCUT2D eigenvalue weighted by atomic mass is 16.6. The Balaban J connectivity index is 0. The van der Waals surface area contributed by atoms with Crippen LogP contribution < -0.4 is 0 Å². The van der Waals surface area contributed by atoms with Crippen LogP contribution in [0.5, 0.6) is 0 Å². The van der Waals surface area contributed by atoms with E-state index in [1.165, 1.54) is 6.42 Å². The standard InChI is InChI=1S/C10H18O4.C5H12/c1-5-13-9(11)8(7(3)4)10(12)14-6-2;1-4-5(2)3/h7-8H,5-6H2,1-4H3;5H,4H2,1-3H3. The maximum absolute atomic E-state index is 11.4. The van der Waals surface area contributed by atoms with Crippen molar-refractivity contribution in [1.29, 1.82) is 0 Å². The molecule has 0 N–H and O–H groups in total. The Morgan fingerprint density at radius 1 is 0.842 bits per heavy atom. The number of rotatable bonds is 6. The molecule has 0 radical (unpaired) electrons. The molecule has 0 aliphatic heterocycles. The highest BCUT2D eigenvalue weighted by Crippen LogP contribution is 2.14. The van der Waals surface area contributed by atoms with Crippen LogP contribution in [0.2, 0.25) is 0 Å².